The fourth-order valence-corrected chi connectivity index (χ4v) is 6.40. The Balaban J connectivity index is 1.40. The van der Waals surface area contributed by atoms with Gasteiger partial charge in [0.1, 0.15) is 6.10 Å². The molecule has 1 unspecified atom stereocenters. The molecule has 0 radical (unpaired) electrons. The van der Waals surface area contributed by atoms with Gasteiger partial charge in [-0.15, -0.1) is 0 Å². The van der Waals surface area contributed by atoms with Crippen molar-refractivity contribution in [3.8, 4) is 11.5 Å². The first-order valence-electron chi connectivity index (χ1n) is 12.1. The van der Waals surface area contributed by atoms with Gasteiger partial charge in [0, 0.05) is 42.9 Å². The minimum atomic E-state index is -0.470. The highest BCUT2D eigenvalue weighted by Gasteiger charge is 2.65. The van der Waals surface area contributed by atoms with Crippen molar-refractivity contribution in [2.75, 3.05) is 34.6 Å². The van der Waals surface area contributed by atoms with Gasteiger partial charge in [-0.25, -0.2) is 0 Å². The lowest BCUT2D eigenvalue weighted by molar-refractivity contribution is -0.155. The number of hydrogen-bond acceptors (Lipinski definition) is 8. The van der Waals surface area contributed by atoms with Crippen molar-refractivity contribution in [2.24, 2.45) is 5.92 Å². The SMILES string of the molecule is COCOc1ccc2c3c1O[C@H]1C(OC(=O)CCCCC(=O)OC)C=C[C@H]4[C@@H](C2)N(C)CC[C@]314. The molecule has 5 rings (SSSR count). The minimum Gasteiger partial charge on any atom is -0.481 e. The molecule has 2 heterocycles. The van der Waals surface area contributed by atoms with Gasteiger partial charge in [0.05, 0.1) is 7.11 Å². The topological polar surface area (TPSA) is 83.5 Å². The van der Waals surface area contributed by atoms with Crippen LogP contribution in [0.15, 0.2) is 24.3 Å². The predicted molar refractivity (Wildman–Crippen MR) is 123 cm³/mol. The molecular weight excluding hydrogens is 438 g/mol. The van der Waals surface area contributed by atoms with Crippen molar-refractivity contribution in [3.63, 3.8) is 0 Å². The Morgan fingerprint density at radius 1 is 1.15 bits per heavy atom. The summed E-state index contributed by atoms with van der Waals surface area (Å²) in [7, 11) is 5.16. The van der Waals surface area contributed by atoms with Gasteiger partial charge in [-0.3, -0.25) is 9.59 Å². The van der Waals surface area contributed by atoms with Crippen LogP contribution < -0.4 is 9.47 Å². The number of unbranched alkanes of at least 4 members (excludes halogenated alkanes) is 1. The van der Waals surface area contributed by atoms with Gasteiger partial charge in [0.25, 0.3) is 0 Å². The van der Waals surface area contributed by atoms with Crippen LogP contribution in [0.5, 0.6) is 11.5 Å². The molecule has 4 aliphatic rings. The summed E-state index contributed by atoms with van der Waals surface area (Å²) in [6, 6.07) is 4.50. The Bertz CT molecular complexity index is 992. The van der Waals surface area contributed by atoms with E-state index in [0.717, 1.165) is 25.1 Å². The molecule has 0 N–H and O–H groups in total. The smallest absolute Gasteiger partial charge is 0.306 e. The van der Waals surface area contributed by atoms with Gasteiger partial charge in [0.15, 0.2) is 24.4 Å². The number of ether oxygens (including phenoxy) is 5. The first-order valence-corrected chi connectivity index (χ1v) is 12.1. The maximum absolute atomic E-state index is 12.7. The number of benzene rings is 1. The summed E-state index contributed by atoms with van der Waals surface area (Å²) in [6.45, 7) is 1.11. The zero-order valence-electron chi connectivity index (χ0n) is 20.1. The number of nitrogens with zero attached hydrogens (tertiary/aromatic N) is 1. The molecule has 8 heteroatoms. The van der Waals surface area contributed by atoms with E-state index in [4.69, 9.17) is 18.9 Å². The lowest BCUT2D eigenvalue weighted by Crippen LogP contribution is -2.65. The third-order valence-corrected chi connectivity index (χ3v) is 7.95. The molecule has 1 saturated heterocycles. The molecule has 184 valence electrons. The average Bonchev–Trinajstić information content (AvgIpc) is 3.19. The molecule has 2 bridgehead atoms. The average molecular weight is 472 g/mol. The normalized spacial score (nSPS) is 30.3. The van der Waals surface area contributed by atoms with Gasteiger partial charge < -0.3 is 28.6 Å². The number of methoxy groups -OCH3 is 2. The summed E-state index contributed by atoms with van der Waals surface area (Å²) in [4.78, 5) is 26.5. The number of hydrogen-bond donors (Lipinski definition) is 0. The Morgan fingerprint density at radius 3 is 2.71 bits per heavy atom. The van der Waals surface area contributed by atoms with Crippen LogP contribution in [0.2, 0.25) is 0 Å². The fourth-order valence-electron chi connectivity index (χ4n) is 6.40. The zero-order valence-corrected chi connectivity index (χ0v) is 20.1. The lowest BCUT2D eigenvalue weighted by Gasteiger charge is -2.56. The second-order valence-electron chi connectivity index (χ2n) is 9.71. The first-order chi connectivity index (χ1) is 16.5. The fraction of sp³-hybridized carbons (Fsp3) is 0.615. The molecular formula is C26H33NO7. The summed E-state index contributed by atoms with van der Waals surface area (Å²) in [5.41, 5.74) is 2.28. The molecule has 8 nitrogen and oxygen atoms in total. The molecule has 1 fully saturated rings. The van der Waals surface area contributed by atoms with E-state index in [0.29, 0.717) is 31.1 Å². The minimum absolute atomic E-state index is 0.143. The summed E-state index contributed by atoms with van der Waals surface area (Å²) in [6.07, 6.45) is 7.13. The molecule has 1 aromatic carbocycles. The van der Waals surface area contributed by atoms with Crippen molar-refractivity contribution in [1.29, 1.82) is 0 Å². The maximum atomic E-state index is 12.7. The molecule has 5 atom stereocenters. The van der Waals surface area contributed by atoms with Gasteiger partial charge in [-0.05, 0) is 57.0 Å². The lowest BCUT2D eigenvalue weighted by atomic mass is 9.53. The van der Waals surface area contributed by atoms with Crippen LogP contribution in [0.1, 0.15) is 43.2 Å². The number of rotatable bonds is 9. The van der Waals surface area contributed by atoms with Gasteiger partial charge in [0.2, 0.25) is 0 Å². The van der Waals surface area contributed by atoms with E-state index in [1.54, 1.807) is 7.11 Å². The summed E-state index contributed by atoms with van der Waals surface area (Å²) >= 11 is 0. The van der Waals surface area contributed by atoms with Gasteiger partial charge >= 0.3 is 11.9 Å². The second kappa shape index (κ2) is 9.23. The Hall–Kier alpha value is -2.58. The number of piperidine rings is 1. The monoisotopic (exact) mass is 471 g/mol. The molecule has 1 aromatic rings. The molecule has 0 saturated carbocycles. The van der Waals surface area contributed by atoms with E-state index in [9.17, 15) is 9.59 Å². The third-order valence-electron chi connectivity index (χ3n) is 7.95. The van der Waals surface area contributed by atoms with Crippen molar-refractivity contribution < 1.29 is 33.3 Å². The standard InChI is InChI=1S/C26H33NO7/c1-27-13-12-26-17-9-11-20(33-22(29)7-5-4-6-21(28)31-3)25(26)34-24-19(32-15-30-2)10-8-16(23(24)26)14-18(17)27/h8-11,17-18,20,25H,4-7,12-15H2,1-3H3/t17-,18+,20?,25-,26-/m0/s1. The van der Waals surface area contributed by atoms with Gasteiger partial charge in [-0.2, -0.15) is 0 Å². The molecule has 2 aliphatic carbocycles. The summed E-state index contributed by atoms with van der Waals surface area (Å²) < 4.78 is 28.3. The third kappa shape index (κ3) is 3.67. The Labute approximate surface area is 200 Å². The molecule has 1 spiro atoms. The molecule has 2 aliphatic heterocycles. The molecule has 0 amide bonds. The number of carbonyl (C=O) groups is 2. The van der Waals surface area contributed by atoms with Crippen molar-refractivity contribution in [3.05, 3.63) is 35.4 Å². The van der Waals surface area contributed by atoms with Crippen molar-refractivity contribution in [1.82, 2.24) is 4.90 Å². The van der Waals surface area contributed by atoms with Crippen LogP contribution in [0.4, 0.5) is 0 Å². The molecule has 0 aromatic heterocycles. The number of esters is 2. The highest BCUT2D eigenvalue weighted by atomic mass is 16.7. The van der Waals surface area contributed by atoms with E-state index in [-0.39, 0.29) is 42.6 Å². The first kappa shape index (κ1) is 23.2. The van der Waals surface area contributed by atoms with Crippen LogP contribution in [0, 0.1) is 5.92 Å². The number of likely N-dealkylation sites (tertiary alicyclic amines) is 1. The summed E-state index contributed by atoms with van der Waals surface area (Å²) in [5, 5.41) is 0. The van der Waals surface area contributed by atoms with E-state index in [1.165, 1.54) is 18.2 Å². The van der Waals surface area contributed by atoms with Crippen LogP contribution >= 0.6 is 0 Å². The van der Waals surface area contributed by atoms with E-state index in [1.807, 2.05) is 12.1 Å². The van der Waals surface area contributed by atoms with Crippen LogP contribution in [0.3, 0.4) is 0 Å². The zero-order chi connectivity index (χ0) is 23.9. The van der Waals surface area contributed by atoms with Crippen LogP contribution in [-0.4, -0.2) is 69.7 Å². The van der Waals surface area contributed by atoms with Gasteiger partial charge in [-0.1, -0.05) is 12.1 Å². The quantitative estimate of drug-likeness (QED) is 0.235. The van der Waals surface area contributed by atoms with E-state index >= 15 is 0 Å². The Kier molecular flexibility index (Phi) is 6.29. The number of carbonyl (C=O) groups excluding carboxylic acids is 2. The van der Waals surface area contributed by atoms with Crippen LogP contribution in [0.25, 0.3) is 0 Å². The number of likely N-dealkylation sites (N-methyl/N-ethyl adjacent to an activating group) is 1. The van der Waals surface area contributed by atoms with Crippen molar-refractivity contribution in [2.45, 2.75) is 62.2 Å². The van der Waals surface area contributed by atoms with Crippen molar-refractivity contribution >= 4 is 11.9 Å². The maximum Gasteiger partial charge on any atom is 0.306 e. The summed E-state index contributed by atoms with van der Waals surface area (Å²) in [5.74, 6) is 1.20. The van der Waals surface area contributed by atoms with Crippen LogP contribution in [-0.2, 0) is 35.6 Å². The highest BCUT2D eigenvalue weighted by Crippen LogP contribution is 2.62. The second-order valence-corrected chi connectivity index (χ2v) is 9.71. The van der Waals surface area contributed by atoms with E-state index in [2.05, 4.69) is 28.8 Å². The van der Waals surface area contributed by atoms with E-state index < -0.39 is 6.10 Å². The molecule has 34 heavy (non-hydrogen) atoms. The largest absolute Gasteiger partial charge is 0.481 e. The Morgan fingerprint density at radius 2 is 1.94 bits per heavy atom. The highest BCUT2D eigenvalue weighted by molar-refractivity contribution is 5.71. The predicted octanol–water partition coefficient (Wildman–Crippen LogP) is 2.76.